The third-order valence-corrected chi connectivity index (χ3v) is 7.22. The molecule has 3 aliphatic rings. The van der Waals surface area contributed by atoms with Gasteiger partial charge in [0.2, 0.25) is 0 Å². The molecule has 26 heavy (non-hydrogen) atoms. The molecule has 0 saturated heterocycles. The highest BCUT2D eigenvalue weighted by atomic mass is 16.6. The van der Waals surface area contributed by atoms with Crippen LogP contribution in [0.5, 0.6) is 0 Å². The molecule has 3 fully saturated rings. The fraction of sp³-hybridized carbons (Fsp3) is 0.682. The average Bonchev–Trinajstić information content (AvgIpc) is 2.63. The van der Waals surface area contributed by atoms with E-state index in [-0.39, 0.29) is 18.6 Å². The highest BCUT2D eigenvalue weighted by molar-refractivity contribution is 5.76. The first-order valence-electron chi connectivity index (χ1n) is 9.81. The molecule has 0 spiro atoms. The summed E-state index contributed by atoms with van der Waals surface area (Å²) in [6.45, 7) is 8.53. The Bertz CT molecular complexity index is 626. The Hall–Kier alpha value is -1.39. The molecule has 0 amide bonds. The number of rotatable bonds is 6. The molecule has 4 rings (SSSR count). The smallest absolute Gasteiger partial charge is 0.335 e. The van der Waals surface area contributed by atoms with E-state index in [1.165, 1.54) is 6.42 Å². The molecular formula is C22H32O4. The number of fused-ring (bicyclic) bond motifs is 2. The number of carbonyl (C=O) groups is 1. The van der Waals surface area contributed by atoms with Gasteiger partial charge in [-0.1, -0.05) is 58.0 Å². The van der Waals surface area contributed by atoms with Crippen molar-refractivity contribution in [2.24, 2.45) is 29.1 Å². The summed E-state index contributed by atoms with van der Waals surface area (Å²) in [5, 5.41) is 20.3. The number of esters is 1. The second kappa shape index (κ2) is 7.32. The molecule has 2 N–H and O–H groups in total. The van der Waals surface area contributed by atoms with E-state index in [0.29, 0.717) is 23.2 Å². The zero-order valence-electron chi connectivity index (χ0n) is 16.3. The van der Waals surface area contributed by atoms with Crippen LogP contribution in [0.25, 0.3) is 0 Å². The summed E-state index contributed by atoms with van der Waals surface area (Å²) in [4.78, 5) is 12.7. The van der Waals surface area contributed by atoms with Gasteiger partial charge < -0.3 is 14.9 Å². The molecular weight excluding hydrogens is 328 g/mol. The summed E-state index contributed by atoms with van der Waals surface area (Å²) in [6.07, 6.45) is 0.723. The molecule has 0 aromatic heterocycles. The number of hydrogen-bond donors (Lipinski definition) is 2. The Morgan fingerprint density at radius 1 is 1.27 bits per heavy atom. The van der Waals surface area contributed by atoms with Crippen LogP contribution < -0.4 is 0 Å². The maximum atomic E-state index is 12.7. The molecule has 0 aliphatic heterocycles. The normalized spacial score (nSPS) is 32.8. The molecule has 0 unspecified atom stereocenters. The molecule has 1 aromatic rings. The minimum Gasteiger partial charge on any atom is -0.460 e. The third-order valence-electron chi connectivity index (χ3n) is 7.22. The summed E-state index contributed by atoms with van der Waals surface area (Å²) < 4.78 is 5.79. The Morgan fingerprint density at radius 2 is 1.92 bits per heavy atom. The van der Waals surface area contributed by atoms with Gasteiger partial charge in [0.15, 0.2) is 6.10 Å². The van der Waals surface area contributed by atoms with E-state index in [0.717, 1.165) is 12.0 Å². The fourth-order valence-corrected chi connectivity index (χ4v) is 5.23. The Labute approximate surface area is 156 Å². The lowest BCUT2D eigenvalue weighted by Gasteiger charge is -2.61. The predicted molar refractivity (Wildman–Crippen MR) is 100 cm³/mol. The van der Waals surface area contributed by atoms with Gasteiger partial charge in [0.05, 0.1) is 0 Å². The van der Waals surface area contributed by atoms with Crippen molar-refractivity contribution >= 4 is 5.97 Å². The molecule has 0 radical (unpaired) electrons. The number of benzene rings is 1. The number of carbonyl (C=O) groups excluding carboxylic acids is 1. The Morgan fingerprint density at radius 3 is 2.46 bits per heavy atom. The summed E-state index contributed by atoms with van der Waals surface area (Å²) in [5.41, 5.74) is 1.18. The van der Waals surface area contributed by atoms with Crippen LogP contribution in [0.2, 0.25) is 0 Å². The first-order chi connectivity index (χ1) is 12.3. The van der Waals surface area contributed by atoms with Gasteiger partial charge in [0.1, 0.15) is 6.10 Å². The zero-order chi connectivity index (χ0) is 19.1. The van der Waals surface area contributed by atoms with E-state index >= 15 is 0 Å². The number of aliphatic hydroxyl groups excluding tert-OH is 2. The summed E-state index contributed by atoms with van der Waals surface area (Å²) >= 11 is 0. The third kappa shape index (κ3) is 3.29. The molecule has 0 heterocycles. The van der Waals surface area contributed by atoms with Crippen molar-refractivity contribution < 1.29 is 19.7 Å². The van der Waals surface area contributed by atoms with E-state index < -0.39 is 18.0 Å². The monoisotopic (exact) mass is 360 g/mol. The Kier molecular flexibility index (Phi) is 5.45. The van der Waals surface area contributed by atoms with Crippen molar-refractivity contribution in [1.29, 1.82) is 0 Å². The molecule has 1 aromatic carbocycles. The second-order valence-electron chi connectivity index (χ2n) is 8.97. The molecule has 2 bridgehead atoms. The van der Waals surface area contributed by atoms with Gasteiger partial charge >= 0.3 is 5.97 Å². The minimum atomic E-state index is -1.27. The van der Waals surface area contributed by atoms with Gasteiger partial charge in [0, 0.05) is 12.5 Å². The molecule has 3 aliphatic carbocycles. The fourth-order valence-electron chi connectivity index (χ4n) is 5.23. The van der Waals surface area contributed by atoms with Crippen LogP contribution in [-0.4, -0.2) is 35.0 Å². The molecule has 4 nitrogen and oxygen atoms in total. The SMILES string of the molecule is C[C@@H]1[C@@H](OC(=O)[C@@H](O)[C@@H](c2ccccc2)[C@@H](C)CO)C[C@@H]2C[C@H]1C2(C)C. The molecule has 7 atom stereocenters. The van der Waals surface area contributed by atoms with Gasteiger partial charge in [-0.15, -0.1) is 0 Å². The molecule has 3 saturated carbocycles. The van der Waals surface area contributed by atoms with Crippen molar-refractivity contribution in [2.45, 2.75) is 58.7 Å². The van der Waals surface area contributed by atoms with Crippen LogP contribution in [-0.2, 0) is 9.53 Å². The van der Waals surface area contributed by atoms with Gasteiger partial charge in [-0.05, 0) is 47.5 Å². The van der Waals surface area contributed by atoms with Crippen LogP contribution >= 0.6 is 0 Å². The van der Waals surface area contributed by atoms with Crippen LogP contribution in [0, 0.1) is 29.1 Å². The van der Waals surface area contributed by atoms with Gasteiger partial charge in [-0.25, -0.2) is 4.79 Å². The lowest BCUT2D eigenvalue weighted by atomic mass is 9.45. The van der Waals surface area contributed by atoms with Gasteiger partial charge in [-0.2, -0.15) is 0 Å². The minimum absolute atomic E-state index is 0.0952. The maximum Gasteiger partial charge on any atom is 0.335 e. The first kappa shape index (κ1) is 19.4. The van der Waals surface area contributed by atoms with Gasteiger partial charge in [0.25, 0.3) is 0 Å². The van der Waals surface area contributed by atoms with Crippen molar-refractivity contribution in [2.75, 3.05) is 6.61 Å². The van der Waals surface area contributed by atoms with Crippen molar-refractivity contribution in [3.63, 3.8) is 0 Å². The van der Waals surface area contributed by atoms with Crippen molar-refractivity contribution in [3.8, 4) is 0 Å². The largest absolute Gasteiger partial charge is 0.460 e. The number of ether oxygens (including phenoxy) is 1. The van der Waals surface area contributed by atoms with E-state index in [1.54, 1.807) is 0 Å². The van der Waals surface area contributed by atoms with Crippen LogP contribution in [0.3, 0.4) is 0 Å². The van der Waals surface area contributed by atoms with E-state index in [1.807, 2.05) is 37.3 Å². The van der Waals surface area contributed by atoms with Gasteiger partial charge in [-0.3, -0.25) is 0 Å². The summed E-state index contributed by atoms with van der Waals surface area (Å²) in [7, 11) is 0. The second-order valence-corrected chi connectivity index (χ2v) is 8.97. The van der Waals surface area contributed by atoms with Crippen LogP contribution in [0.4, 0.5) is 0 Å². The van der Waals surface area contributed by atoms with E-state index in [2.05, 4.69) is 20.8 Å². The highest BCUT2D eigenvalue weighted by Crippen LogP contribution is 2.61. The topological polar surface area (TPSA) is 66.8 Å². The highest BCUT2D eigenvalue weighted by Gasteiger charge is 2.57. The van der Waals surface area contributed by atoms with Crippen LogP contribution in [0.15, 0.2) is 30.3 Å². The summed E-state index contributed by atoms with van der Waals surface area (Å²) in [6, 6.07) is 9.42. The van der Waals surface area contributed by atoms with Crippen molar-refractivity contribution in [3.05, 3.63) is 35.9 Å². The number of aliphatic hydroxyl groups is 2. The van der Waals surface area contributed by atoms with E-state index in [4.69, 9.17) is 4.74 Å². The molecule has 144 valence electrons. The number of hydrogen-bond acceptors (Lipinski definition) is 4. The lowest BCUT2D eigenvalue weighted by molar-refractivity contribution is -0.193. The van der Waals surface area contributed by atoms with Crippen LogP contribution in [0.1, 0.15) is 52.0 Å². The van der Waals surface area contributed by atoms with Crippen molar-refractivity contribution in [1.82, 2.24) is 0 Å². The van der Waals surface area contributed by atoms with E-state index in [9.17, 15) is 15.0 Å². The lowest BCUT2D eigenvalue weighted by Crippen LogP contribution is -2.57. The Balaban J connectivity index is 1.70. The standard InChI is InChI=1S/C22H32O4/c1-13(12-23)19(15-8-6-5-7-9-15)20(24)21(25)26-18-11-16-10-17(14(18)2)22(16,3)4/h5-9,13-14,16-20,23-24H,10-12H2,1-4H3/t13-,14-,16-,17+,18-,19+,20-/m0/s1. The molecule has 4 heteroatoms. The first-order valence-corrected chi connectivity index (χ1v) is 9.81. The average molecular weight is 360 g/mol. The zero-order valence-corrected chi connectivity index (χ0v) is 16.3. The quantitative estimate of drug-likeness (QED) is 0.763. The maximum absolute atomic E-state index is 12.7. The predicted octanol–water partition coefficient (Wildman–Crippen LogP) is 3.37. The summed E-state index contributed by atoms with van der Waals surface area (Å²) in [5.74, 6) is 0.221.